The SMILES string of the molecule is Cc1ccc(F)c(CC(=O)C(=O)O)c1F. The Bertz CT molecular complexity index is 427. The van der Waals surface area contributed by atoms with E-state index in [0.717, 1.165) is 6.07 Å². The largest absolute Gasteiger partial charge is 0.475 e. The van der Waals surface area contributed by atoms with Crippen molar-refractivity contribution in [1.82, 2.24) is 0 Å². The average molecular weight is 214 g/mol. The monoisotopic (exact) mass is 214 g/mol. The summed E-state index contributed by atoms with van der Waals surface area (Å²) in [4.78, 5) is 21.0. The van der Waals surface area contributed by atoms with Crippen LogP contribution in [0.15, 0.2) is 12.1 Å². The molecule has 0 bridgehead atoms. The third-order valence-corrected chi connectivity index (χ3v) is 1.95. The second-order valence-corrected chi connectivity index (χ2v) is 3.06. The minimum absolute atomic E-state index is 0.171. The van der Waals surface area contributed by atoms with Crippen LogP contribution in [0.3, 0.4) is 0 Å². The van der Waals surface area contributed by atoms with Crippen LogP contribution in [0, 0.1) is 18.6 Å². The molecule has 0 aliphatic heterocycles. The zero-order valence-electron chi connectivity index (χ0n) is 7.88. The van der Waals surface area contributed by atoms with Gasteiger partial charge in [-0.1, -0.05) is 6.07 Å². The van der Waals surface area contributed by atoms with Gasteiger partial charge in [0.2, 0.25) is 5.78 Å². The van der Waals surface area contributed by atoms with Gasteiger partial charge in [-0.05, 0) is 18.6 Å². The molecule has 1 aromatic carbocycles. The van der Waals surface area contributed by atoms with Gasteiger partial charge in [0.05, 0.1) is 0 Å². The van der Waals surface area contributed by atoms with Crippen molar-refractivity contribution in [3.8, 4) is 0 Å². The van der Waals surface area contributed by atoms with Gasteiger partial charge < -0.3 is 5.11 Å². The van der Waals surface area contributed by atoms with E-state index in [1.807, 2.05) is 0 Å². The highest BCUT2D eigenvalue weighted by Gasteiger charge is 2.19. The van der Waals surface area contributed by atoms with E-state index in [1.165, 1.54) is 13.0 Å². The first-order valence-corrected chi connectivity index (χ1v) is 4.13. The van der Waals surface area contributed by atoms with Gasteiger partial charge in [0, 0.05) is 12.0 Å². The molecule has 0 aliphatic rings. The van der Waals surface area contributed by atoms with Gasteiger partial charge in [-0.15, -0.1) is 0 Å². The lowest BCUT2D eigenvalue weighted by molar-refractivity contribution is -0.148. The predicted octanol–water partition coefficient (Wildman–Crippen LogP) is 1.47. The van der Waals surface area contributed by atoms with Gasteiger partial charge in [0.25, 0.3) is 0 Å². The van der Waals surface area contributed by atoms with E-state index in [0.29, 0.717) is 0 Å². The highest BCUT2D eigenvalue weighted by Crippen LogP contribution is 2.16. The lowest BCUT2D eigenvalue weighted by atomic mass is 10.0. The summed E-state index contributed by atoms with van der Waals surface area (Å²) in [6.45, 7) is 1.41. The van der Waals surface area contributed by atoms with Crippen LogP contribution in [-0.4, -0.2) is 16.9 Å². The smallest absolute Gasteiger partial charge is 0.372 e. The molecule has 0 unspecified atom stereocenters. The number of carboxylic acids is 1. The fourth-order valence-corrected chi connectivity index (χ4v) is 1.11. The highest BCUT2D eigenvalue weighted by atomic mass is 19.1. The third-order valence-electron chi connectivity index (χ3n) is 1.95. The number of ketones is 1. The molecular formula is C10H8F2O3. The van der Waals surface area contributed by atoms with Crippen molar-refractivity contribution in [2.24, 2.45) is 0 Å². The summed E-state index contributed by atoms with van der Waals surface area (Å²) in [6, 6.07) is 2.22. The summed E-state index contributed by atoms with van der Waals surface area (Å²) in [5.41, 5.74) is -0.327. The normalized spacial score (nSPS) is 10.1. The molecule has 1 rings (SSSR count). The van der Waals surface area contributed by atoms with Crippen LogP contribution >= 0.6 is 0 Å². The Kier molecular flexibility index (Phi) is 3.14. The molecule has 80 valence electrons. The standard InChI is InChI=1S/C10H8F2O3/c1-5-2-3-7(11)6(9(5)12)4-8(13)10(14)15/h2-3H,4H2,1H3,(H,14,15). The second-order valence-electron chi connectivity index (χ2n) is 3.06. The molecule has 0 atom stereocenters. The molecule has 0 spiro atoms. The number of halogens is 2. The molecule has 0 aromatic heterocycles. The number of benzene rings is 1. The molecule has 0 saturated heterocycles. The van der Waals surface area contributed by atoms with Gasteiger partial charge in [0.1, 0.15) is 11.6 Å². The van der Waals surface area contributed by atoms with Crippen LogP contribution in [-0.2, 0) is 16.0 Å². The van der Waals surface area contributed by atoms with Crippen molar-refractivity contribution in [3.05, 3.63) is 34.9 Å². The number of Topliss-reactive ketones (excluding diaryl/α,β-unsaturated/α-hetero) is 1. The molecule has 0 heterocycles. The Balaban J connectivity index is 3.09. The van der Waals surface area contributed by atoms with Gasteiger partial charge in [-0.3, -0.25) is 4.79 Å². The molecule has 1 N–H and O–H groups in total. The van der Waals surface area contributed by atoms with Gasteiger partial charge in [0.15, 0.2) is 0 Å². The number of carbonyl (C=O) groups is 2. The van der Waals surface area contributed by atoms with E-state index < -0.39 is 35.4 Å². The maximum atomic E-state index is 13.3. The van der Waals surface area contributed by atoms with E-state index in [-0.39, 0.29) is 5.56 Å². The molecular weight excluding hydrogens is 206 g/mol. The number of hydrogen-bond acceptors (Lipinski definition) is 2. The quantitative estimate of drug-likeness (QED) is 0.775. The summed E-state index contributed by atoms with van der Waals surface area (Å²) in [5.74, 6) is -4.72. The highest BCUT2D eigenvalue weighted by molar-refractivity contribution is 6.33. The molecule has 0 radical (unpaired) electrons. The Hall–Kier alpha value is -1.78. The molecule has 0 fully saturated rings. The predicted molar refractivity (Wildman–Crippen MR) is 47.4 cm³/mol. The molecule has 0 saturated carbocycles. The summed E-state index contributed by atoms with van der Waals surface area (Å²) < 4.78 is 26.4. The molecule has 15 heavy (non-hydrogen) atoms. The van der Waals surface area contributed by atoms with Crippen molar-refractivity contribution >= 4 is 11.8 Å². The van der Waals surface area contributed by atoms with Gasteiger partial charge in [-0.25, -0.2) is 13.6 Å². The first kappa shape index (κ1) is 11.3. The van der Waals surface area contributed by atoms with E-state index in [1.54, 1.807) is 0 Å². The van der Waals surface area contributed by atoms with Crippen molar-refractivity contribution in [3.63, 3.8) is 0 Å². The number of aryl methyl sites for hydroxylation is 1. The third kappa shape index (κ3) is 2.37. The van der Waals surface area contributed by atoms with Crippen LogP contribution < -0.4 is 0 Å². The van der Waals surface area contributed by atoms with Crippen LogP contribution in [0.1, 0.15) is 11.1 Å². The Morgan fingerprint density at radius 2 is 1.93 bits per heavy atom. The Labute approximate surface area is 84.3 Å². The summed E-state index contributed by atoms with van der Waals surface area (Å²) >= 11 is 0. The van der Waals surface area contributed by atoms with E-state index >= 15 is 0 Å². The molecule has 3 nitrogen and oxygen atoms in total. The topological polar surface area (TPSA) is 54.4 Å². The van der Waals surface area contributed by atoms with Crippen LogP contribution in [0.25, 0.3) is 0 Å². The van der Waals surface area contributed by atoms with E-state index in [9.17, 15) is 18.4 Å². The van der Waals surface area contributed by atoms with E-state index in [2.05, 4.69) is 0 Å². The Morgan fingerprint density at radius 1 is 1.33 bits per heavy atom. The fraction of sp³-hybridized carbons (Fsp3) is 0.200. The number of aliphatic carboxylic acids is 1. The van der Waals surface area contributed by atoms with Gasteiger partial charge in [-0.2, -0.15) is 0 Å². The first-order chi connectivity index (χ1) is 6.93. The maximum absolute atomic E-state index is 13.3. The first-order valence-electron chi connectivity index (χ1n) is 4.13. The fourth-order valence-electron chi connectivity index (χ4n) is 1.11. The lowest BCUT2D eigenvalue weighted by Crippen LogP contribution is -2.17. The van der Waals surface area contributed by atoms with Crippen LogP contribution in [0.5, 0.6) is 0 Å². The molecule has 5 heteroatoms. The number of carboxylic acid groups (broad SMARTS) is 1. The average Bonchev–Trinajstić information content (AvgIpc) is 2.18. The summed E-state index contributed by atoms with van der Waals surface area (Å²) in [7, 11) is 0. The number of hydrogen-bond donors (Lipinski definition) is 1. The summed E-state index contributed by atoms with van der Waals surface area (Å²) in [5, 5.41) is 8.30. The van der Waals surface area contributed by atoms with Crippen molar-refractivity contribution in [2.45, 2.75) is 13.3 Å². The van der Waals surface area contributed by atoms with Crippen LogP contribution in [0.2, 0.25) is 0 Å². The van der Waals surface area contributed by atoms with Gasteiger partial charge >= 0.3 is 5.97 Å². The zero-order valence-corrected chi connectivity index (χ0v) is 7.88. The molecule has 0 amide bonds. The lowest BCUT2D eigenvalue weighted by Gasteiger charge is -2.04. The second kappa shape index (κ2) is 4.16. The molecule has 0 aliphatic carbocycles. The number of carbonyl (C=O) groups excluding carboxylic acids is 1. The minimum Gasteiger partial charge on any atom is -0.475 e. The molecule has 1 aromatic rings. The van der Waals surface area contributed by atoms with Crippen molar-refractivity contribution in [2.75, 3.05) is 0 Å². The zero-order chi connectivity index (χ0) is 11.6. The summed E-state index contributed by atoms with van der Waals surface area (Å²) in [6.07, 6.45) is -0.769. The van der Waals surface area contributed by atoms with Crippen molar-refractivity contribution in [1.29, 1.82) is 0 Å². The number of rotatable bonds is 3. The van der Waals surface area contributed by atoms with Crippen molar-refractivity contribution < 1.29 is 23.5 Å². The Morgan fingerprint density at radius 3 is 2.47 bits per heavy atom. The minimum atomic E-state index is -1.70. The van der Waals surface area contributed by atoms with Crippen LogP contribution in [0.4, 0.5) is 8.78 Å². The van der Waals surface area contributed by atoms with E-state index in [4.69, 9.17) is 5.11 Å². The maximum Gasteiger partial charge on any atom is 0.372 e.